The maximum absolute atomic E-state index is 12.2. The summed E-state index contributed by atoms with van der Waals surface area (Å²) in [7, 11) is 0. The molecule has 1 aromatic heterocycles. The van der Waals surface area contributed by atoms with Crippen LogP contribution in [-0.2, 0) is 0 Å². The molecule has 0 aliphatic heterocycles. The number of H-pyrrole nitrogens is 1. The van der Waals surface area contributed by atoms with Gasteiger partial charge in [0.1, 0.15) is 5.69 Å². The number of carbonyl (C=O) groups is 1. The first-order valence-corrected chi connectivity index (χ1v) is 8.14. The summed E-state index contributed by atoms with van der Waals surface area (Å²) in [5.41, 5.74) is 6.22. The van der Waals surface area contributed by atoms with E-state index >= 15 is 0 Å². The van der Waals surface area contributed by atoms with Crippen molar-refractivity contribution >= 4 is 27.5 Å². The van der Waals surface area contributed by atoms with E-state index in [1.165, 1.54) is 0 Å². The monoisotopic (exact) mass is 382 g/mol. The highest BCUT2D eigenvalue weighted by molar-refractivity contribution is 9.10. The van der Waals surface area contributed by atoms with Crippen LogP contribution in [0.1, 0.15) is 23.0 Å². The van der Waals surface area contributed by atoms with Gasteiger partial charge in [-0.25, -0.2) is 5.43 Å². The molecule has 3 aromatic rings. The fourth-order valence-electron chi connectivity index (χ4n) is 2.15. The smallest absolute Gasteiger partial charge is 0.272 e. The van der Waals surface area contributed by atoms with Gasteiger partial charge in [-0.05, 0) is 30.7 Å². The Labute approximate surface area is 147 Å². The Balaban J connectivity index is 1.71. The van der Waals surface area contributed by atoms with Crippen LogP contribution in [0.3, 0.4) is 0 Å². The Morgan fingerprint density at radius 1 is 1.12 bits per heavy atom. The number of hydrazone groups is 1. The number of hydrogen-bond acceptors (Lipinski definition) is 3. The quantitative estimate of drug-likeness (QED) is 0.528. The van der Waals surface area contributed by atoms with Crippen LogP contribution in [-0.4, -0.2) is 21.8 Å². The van der Waals surface area contributed by atoms with Crippen molar-refractivity contribution in [1.82, 2.24) is 15.6 Å². The summed E-state index contributed by atoms with van der Waals surface area (Å²) >= 11 is 3.39. The first kappa shape index (κ1) is 16.1. The Morgan fingerprint density at radius 3 is 2.54 bits per heavy atom. The maximum Gasteiger partial charge on any atom is 0.289 e. The molecule has 0 fully saturated rings. The molecule has 0 unspecified atom stereocenters. The van der Waals surface area contributed by atoms with E-state index < -0.39 is 0 Å². The lowest BCUT2D eigenvalue weighted by Gasteiger charge is -2.01. The van der Waals surface area contributed by atoms with Crippen molar-refractivity contribution in [3.63, 3.8) is 0 Å². The van der Waals surface area contributed by atoms with Gasteiger partial charge < -0.3 is 0 Å². The third kappa shape index (κ3) is 3.78. The third-order valence-corrected chi connectivity index (χ3v) is 4.01. The molecule has 120 valence electrons. The van der Waals surface area contributed by atoms with Crippen LogP contribution in [0, 0.1) is 0 Å². The molecule has 1 amide bonds. The number of halogens is 1. The van der Waals surface area contributed by atoms with Crippen LogP contribution >= 0.6 is 15.9 Å². The lowest BCUT2D eigenvalue weighted by Crippen LogP contribution is -2.19. The van der Waals surface area contributed by atoms with E-state index in [0.717, 1.165) is 21.3 Å². The molecule has 5 nitrogen and oxygen atoms in total. The fraction of sp³-hybridized carbons (Fsp3) is 0.0556. The SMILES string of the molecule is C/C(=N\NC(=O)c1cc(-c2ccc(Br)cc2)n[nH]1)c1ccccc1. The van der Waals surface area contributed by atoms with Crippen molar-refractivity contribution in [2.24, 2.45) is 5.10 Å². The van der Waals surface area contributed by atoms with E-state index in [1.807, 2.05) is 61.5 Å². The number of carbonyl (C=O) groups excluding carboxylic acids is 1. The summed E-state index contributed by atoms with van der Waals surface area (Å²) in [6.07, 6.45) is 0. The Hall–Kier alpha value is -2.73. The number of amides is 1. The molecular weight excluding hydrogens is 368 g/mol. The molecule has 0 saturated heterocycles. The lowest BCUT2D eigenvalue weighted by atomic mass is 10.1. The molecule has 0 bridgehead atoms. The molecule has 2 aromatic carbocycles. The predicted molar refractivity (Wildman–Crippen MR) is 97.8 cm³/mol. The van der Waals surface area contributed by atoms with E-state index in [-0.39, 0.29) is 5.91 Å². The standard InChI is InChI=1S/C18H15BrN4O/c1-12(13-5-3-2-4-6-13)20-23-18(24)17-11-16(21-22-17)14-7-9-15(19)10-8-14/h2-11H,1H3,(H,21,22)(H,23,24)/b20-12+. The highest BCUT2D eigenvalue weighted by atomic mass is 79.9. The van der Waals surface area contributed by atoms with Gasteiger partial charge in [-0.15, -0.1) is 0 Å². The zero-order chi connectivity index (χ0) is 16.9. The van der Waals surface area contributed by atoms with E-state index in [1.54, 1.807) is 6.07 Å². The molecule has 6 heteroatoms. The van der Waals surface area contributed by atoms with E-state index in [2.05, 4.69) is 36.7 Å². The number of aromatic amines is 1. The second-order valence-corrected chi connectivity index (χ2v) is 6.09. The average molecular weight is 383 g/mol. The van der Waals surface area contributed by atoms with Crippen LogP contribution in [0.25, 0.3) is 11.3 Å². The second kappa shape index (κ2) is 7.23. The first-order valence-electron chi connectivity index (χ1n) is 7.35. The zero-order valence-corrected chi connectivity index (χ0v) is 14.5. The minimum absolute atomic E-state index is 0.332. The number of hydrogen-bond donors (Lipinski definition) is 2. The van der Waals surface area contributed by atoms with Gasteiger partial charge in [0.25, 0.3) is 5.91 Å². The van der Waals surface area contributed by atoms with Crippen molar-refractivity contribution in [2.45, 2.75) is 6.92 Å². The lowest BCUT2D eigenvalue weighted by molar-refractivity contribution is 0.0950. The van der Waals surface area contributed by atoms with Crippen LogP contribution in [0.15, 0.2) is 70.2 Å². The van der Waals surface area contributed by atoms with Crippen LogP contribution in [0.5, 0.6) is 0 Å². The molecule has 2 N–H and O–H groups in total. The number of rotatable bonds is 4. The largest absolute Gasteiger partial charge is 0.289 e. The summed E-state index contributed by atoms with van der Waals surface area (Å²) < 4.78 is 0.991. The summed E-state index contributed by atoms with van der Waals surface area (Å²) in [5, 5.41) is 11.0. The molecular formula is C18H15BrN4O. The highest BCUT2D eigenvalue weighted by Gasteiger charge is 2.10. The Kier molecular flexibility index (Phi) is 4.86. The topological polar surface area (TPSA) is 70.1 Å². The molecule has 0 aliphatic rings. The summed E-state index contributed by atoms with van der Waals surface area (Å²) in [6, 6.07) is 19.1. The van der Waals surface area contributed by atoms with E-state index in [0.29, 0.717) is 11.4 Å². The van der Waals surface area contributed by atoms with Gasteiger partial charge in [0.2, 0.25) is 0 Å². The molecule has 0 aliphatic carbocycles. The molecule has 3 rings (SSSR count). The number of nitrogens with zero attached hydrogens (tertiary/aromatic N) is 2. The number of benzene rings is 2. The molecule has 1 heterocycles. The fourth-order valence-corrected chi connectivity index (χ4v) is 2.41. The summed E-state index contributed by atoms with van der Waals surface area (Å²) in [5.74, 6) is -0.332. The Morgan fingerprint density at radius 2 is 1.83 bits per heavy atom. The van der Waals surface area contributed by atoms with E-state index in [9.17, 15) is 4.79 Å². The maximum atomic E-state index is 12.2. The third-order valence-electron chi connectivity index (χ3n) is 3.48. The molecule has 0 radical (unpaired) electrons. The van der Waals surface area contributed by atoms with Gasteiger partial charge in [0.05, 0.1) is 11.4 Å². The minimum Gasteiger partial charge on any atom is -0.272 e. The van der Waals surface area contributed by atoms with Gasteiger partial charge in [0, 0.05) is 10.0 Å². The van der Waals surface area contributed by atoms with Crippen molar-refractivity contribution in [3.05, 3.63) is 76.4 Å². The van der Waals surface area contributed by atoms with Crippen molar-refractivity contribution in [2.75, 3.05) is 0 Å². The zero-order valence-electron chi connectivity index (χ0n) is 13.0. The normalized spacial score (nSPS) is 11.3. The van der Waals surface area contributed by atoms with Crippen molar-refractivity contribution in [3.8, 4) is 11.3 Å². The predicted octanol–water partition coefficient (Wildman–Crippen LogP) is 3.99. The van der Waals surface area contributed by atoms with Gasteiger partial charge in [0.15, 0.2) is 0 Å². The molecule has 24 heavy (non-hydrogen) atoms. The Bertz CT molecular complexity index is 870. The van der Waals surface area contributed by atoms with Crippen LogP contribution in [0.4, 0.5) is 0 Å². The second-order valence-electron chi connectivity index (χ2n) is 5.18. The summed E-state index contributed by atoms with van der Waals surface area (Å²) in [4.78, 5) is 12.2. The van der Waals surface area contributed by atoms with E-state index in [4.69, 9.17) is 0 Å². The van der Waals surface area contributed by atoms with Gasteiger partial charge >= 0.3 is 0 Å². The van der Waals surface area contributed by atoms with Crippen molar-refractivity contribution in [1.29, 1.82) is 0 Å². The average Bonchev–Trinajstić information content (AvgIpc) is 3.11. The first-order chi connectivity index (χ1) is 11.6. The molecule has 0 atom stereocenters. The number of aromatic nitrogens is 2. The van der Waals surface area contributed by atoms with Gasteiger partial charge in [-0.3, -0.25) is 9.89 Å². The summed E-state index contributed by atoms with van der Waals surface area (Å²) in [6.45, 7) is 1.84. The van der Waals surface area contributed by atoms with Gasteiger partial charge in [-0.1, -0.05) is 58.4 Å². The van der Waals surface area contributed by atoms with Crippen LogP contribution < -0.4 is 5.43 Å². The van der Waals surface area contributed by atoms with Crippen molar-refractivity contribution < 1.29 is 4.79 Å². The molecule has 0 saturated carbocycles. The molecule has 0 spiro atoms. The van der Waals surface area contributed by atoms with Crippen LogP contribution in [0.2, 0.25) is 0 Å². The minimum atomic E-state index is -0.332. The highest BCUT2D eigenvalue weighted by Crippen LogP contribution is 2.20. The van der Waals surface area contributed by atoms with Gasteiger partial charge in [-0.2, -0.15) is 10.2 Å². The number of nitrogens with one attached hydrogen (secondary N) is 2.